The van der Waals surface area contributed by atoms with Gasteiger partial charge in [-0.25, -0.2) is 4.79 Å². The number of hydrogen-bond donors (Lipinski definition) is 1. The van der Waals surface area contributed by atoms with Crippen molar-refractivity contribution in [1.29, 1.82) is 0 Å². The van der Waals surface area contributed by atoms with Crippen molar-refractivity contribution in [3.8, 4) is 11.5 Å². The highest BCUT2D eigenvalue weighted by atomic mass is 16.6. The topological polar surface area (TPSA) is 93.9 Å². The second-order valence-corrected chi connectivity index (χ2v) is 9.18. The lowest BCUT2D eigenvalue weighted by atomic mass is 9.77. The molecule has 0 fully saturated rings. The maximum absolute atomic E-state index is 13.2. The first-order valence-corrected chi connectivity index (χ1v) is 12.5. The second-order valence-electron chi connectivity index (χ2n) is 9.18. The quantitative estimate of drug-likeness (QED) is 0.175. The Balaban J connectivity index is 1.54. The van der Waals surface area contributed by atoms with Crippen LogP contribution < -0.4 is 15.0 Å². The Morgan fingerprint density at radius 1 is 0.868 bits per heavy atom. The minimum atomic E-state index is -1.22. The average Bonchev–Trinajstić information content (AvgIpc) is 3.23. The van der Waals surface area contributed by atoms with Crippen molar-refractivity contribution < 1.29 is 19.2 Å². The SMILES string of the molecule is CCN(CC)c1ccc2c(c1)Oc1ccc(Nc3ccccc3[N+](=O)[O-])cc1C21OC(=O)c2ccccc21. The van der Waals surface area contributed by atoms with Crippen molar-refractivity contribution in [3.05, 3.63) is 117 Å². The summed E-state index contributed by atoms with van der Waals surface area (Å²) in [7, 11) is 0. The molecule has 0 amide bonds. The lowest BCUT2D eigenvalue weighted by Crippen LogP contribution is -2.33. The van der Waals surface area contributed by atoms with Crippen LogP contribution in [-0.2, 0) is 10.3 Å². The molecule has 1 spiro atoms. The maximum atomic E-state index is 13.2. The van der Waals surface area contributed by atoms with Gasteiger partial charge in [0.2, 0.25) is 0 Å². The lowest BCUT2D eigenvalue weighted by Gasteiger charge is -2.37. The Morgan fingerprint density at radius 3 is 2.42 bits per heavy atom. The van der Waals surface area contributed by atoms with E-state index in [0.717, 1.165) is 29.9 Å². The number of nitro groups is 1. The van der Waals surface area contributed by atoms with E-state index in [1.165, 1.54) is 6.07 Å². The number of fused-ring (bicyclic) bond motifs is 6. The van der Waals surface area contributed by atoms with E-state index in [1.807, 2.05) is 42.5 Å². The zero-order valence-electron chi connectivity index (χ0n) is 20.9. The van der Waals surface area contributed by atoms with E-state index in [1.54, 1.807) is 36.4 Å². The number of carbonyl (C=O) groups excluding carboxylic acids is 1. The third-order valence-electron chi connectivity index (χ3n) is 7.20. The molecule has 190 valence electrons. The molecule has 0 radical (unpaired) electrons. The number of ether oxygens (including phenoxy) is 2. The molecule has 4 aromatic rings. The summed E-state index contributed by atoms with van der Waals surface area (Å²) in [6.45, 7) is 5.88. The molecule has 0 aromatic heterocycles. The van der Waals surface area contributed by atoms with Crippen molar-refractivity contribution in [1.82, 2.24) is 0 Å². The number of carbonyl (C=O) groups is 1. The van der Waals surface area contributed by atoms with Gasteiger partial charge < -0.3 is 19.7 Å². The maximum Gasteiger partial charge on any atom is 0.340 e. The summed E-state index contributed by atoms with van der Waals surface area (Å²) in [6, 6.07) is 25.2. The first kappa shape index (κ1) is 23.5. The van der Waals surface area contributed by atoms with Crippen LogP contribution >= 0.6 is 0 Å². The number of rotatable bonds is 6. The van der Waals surface area contributed by atoms with Crippen LogP contribution in [0.5, 0.6) is 11.5 Å². The summed E-state index contributed by atoms with van der Waals surface area (Å²) in [5, 5.41) is 14.7. The van der Waals surface area contributed by atoms with Gasteiger partial charge in [-0.2, -0.15) is 0 Å². The highest BCUT2D eigenvalue weighted by Crippen LogP contribution is 2.57. The number of para-hydroxylation sites is 2. The molecule has 4 aromatic carbocycles. The molecule has 2 heterocycles. The predicted molar refractivity (Wildman–Crippen MR) is 145 cm³/mol. The smallest absolute Gasteiger partial charge is 0.340 e. The third-order valence-corrected chi connectivity index (χ3v) is 7.20. The van der Waals surface area contributed by atoms with Gasteiger partial charge >= 0.3 is 5.97 Å². The van der Waals surface area contributed by atoms with Crippen LogP contribution in [0.4, 0.5) is 22.7 Å². The monoisotopic (exact) mass is 507 g/mol. The summed E-state index contributed by atoms with van der Waals surface area (Å²) >= 11 is 0. The number of nitrogens with one attached hydrogen (secondary N) is 1. The molecule has 0 aliphatic carbocycles. The van der Waals surface area contributed by atoms with Crippen molar-refractivity contribution >= 4 is 28.7 Å². The molecule has 2 aliphatic heterocycles. The van der Waals surface area contributed by atoms with Gasteiger partial charge in [-0.15, -0.1) is 0 Å². The molecular formula is C30H25N3O5. The molecule has 38 heavy (non-hydrogen) atoms. The summed E-state index contributed by atoms with van der Waals surface area (Å²) in [5.74, 6) is 0.752. The van der Waals surface area contributed by atoms with Crippen LogP contribution in [0, 0.1) is 10.1 Å². The summed E-state index contributed by atoms with van der Waals surface area (Å²) in [4.78, 5) is 26.5. The van der Waals surface area contributed by atoms with Crippen LogP contribution in [0.15, 0.2) is 84.9 Å². The molecule has 0 bridgehead atoms. The van der Waals surface area contributed by atoms with E-state index in [0.29, 0.717) is 34.0 Å². The van der Waals surface area contributed by atoms with Gasteiger partial charge in [0.15, 0.2) is 5.60 Å². The Morgan fingerprint density at radius 2 is 1.63 bits per heavy atom. The Hall–Kier alpha value is -4.85. The van der Waals surface area contributed by atoms with Crippen molar-refractivity contribution in [2.45, 2.75) is 19.4 Å². The molecule has 1 unspecified atom stereocenters. The van der Waals surface area contributed by atoms with E-state index >= 15 is 0 Å². The third kappa shape index (κ3) is 3.48. The normalized spacial score (nSPS) is 16.6. The van der Waals surface area contributed by atoms with Gasteiger partial charge in [0.05, 0.1) is 10.5 Å². The average molecular weight is 508 g/mol. The van der Waals surface area contributed by atoms with Gasteiger partial charge in [0.25, 0.3) is 5.69 Å². The molecule has 0 saturated heterocycles. The van der Waals surface area contributed by atoms with E-state index in [-0.39, 0.29) is 5.69 Å². The van der Waals surface area contributed by atoms with Crippen molar-refractivity contribution in [3.63, 3.8) is 0 Å². The first-order valence-electron chi connectivity index (χ1n) is 12.5. The van der Waals surface area contributed by atoms with E-state index < -0.39 is 16.5 Å². The van der Waals surface area contributed by atoms with E-state index in [2.05, 4.69) is 24.1 Å². The predicted octanol–water partition coefficient (Wildman–Crippen LogP) is 6.75. The van der Waals surface area contributed by atoms with Gasteiger partial charge in [0.1, 0.15) is 17.2 Å². The lowest BCUT2D eigenvalue weighted by molar-refractivity contribution is -0.383. The highest BCUT2D eigenvalue weighted by Gasteiger charge is 2.53. The minimum Gasteiger partial charge on any atom is -0.456 e. The number of nitrogens with zero attached hydrogens (tertiary/aromatic N) is 2. The first-order chi connectivity index (χ1) is 18.5. The van der Waals surface area contributed by atoms with Gasteiger partial charge in [0, 0.05) is 53.3 Å². The number of nitro benzene ring substituents is 1. The van der Waals surface area contributed by atoms with Crippen LogP contribution in [0.1, 0.15) is 40.9 Å². The summed E-state index contributed by atoms with van der Waals surface area (Å²) in [6.07, 6.45) is 0. The fraction of sp³-hybridized carbons (Fsp3) is 0.167. The molecule has 1 N–H and O–H groups in total. The van der Waals surface area contributed by atoms with E-state index in [4.69, 9.17) is 9.47 Å². The molecule has 2 aliphatic rings. The van der Waals surface area contributed by atoms with Crippen LogP contribution in [0.2, 0.25) is 0 Å². The van der Waals surface area contributed by atoms with Crippen molar-refractivity contribution in [2.75, 3.05) is 23.3 Å². The number of anilines is 3. The number of esters is 1. The zero-order valence-corrected chi connectivity index (χ0v) is 20.9. The van der Waals surface area contributed by atoms with Crippen LogP contribution in [0.3, 0.4) is 0 Å². The fourth-order valence-corrected chi connectivity index (χ4v) is 5.42. The molecular weight excluding hydrogens is 482 g/mol. The fourth-order valence-electron chi connectivity index (χ4n) is 5.42. The molecule has 6 rings (SSSR count). The Kier molecular flexibility index (Phi) is 5.52. The summed E-state index contributed by atoms with van der Waals surface area (Å²) < 4.78 is 12.7. The highest BCUT2D eigenvalue weighted by molar-refractivity contribution is 5.97. The van der Waals surface area contributed by atoms with Crippen LogP contribution in [-0.4, -0.2) is 24.0 Å². The Bertz CT molecular complexity index is 1600. The van der Waals surface area contributed by atoms with Gasteiger partial charge in [-0.05, 0) is 56.3 Å². The van der Waals surface area contributed by atoms with Gasteiger partial charge in [-0.3, -0.25) is 10.1 Å². The molecule has 8 heteroatoms. The number of hydrogen-bond acceptors (Lipinski definition) is 7. The Labute approximate surface area is 219 Å². The molecule has 0 saturated carbocycles. The summed E-state index contributed by atoms with van der Waals surface area (Å²) in [5.41, 5.74) is 3.30. The van der Waals surface area contributed by atoms with E-state index in [9.17, 15) is 14.9 Å². The zero-order chi connectivity index (χ0) is 26.4. The largest absolute Gasteiger partial charge is 0.456 e. The second kappa shape index (κ2) is 8.92. The molecule has 8 nitrogen and oxygen atoms in total. The van der Waals surface area contributed by atoms with Gasteiger partial charge in [-0.1, -0.05) is 30.3 Å². The number of benzene rings is 4. The standard InChI is InChI=1S/C30H25N3O5/c1-3-32(4-2)20-14-15-23-28(18-20)37-27-16-13-19(31-25-11-7-8-12-26(25)33(35)36)17-24(27)30(23)22-10-6-5-9-21(22)29(34)38-30/h5-18,31H,3-4H2,1-2H3. The molecule has 1 atom stereocenters. The van der Waals surface area contributed by atoms with Crippen LogP contribution in [0.25, 0.3) is 0 Å². The minimum absolute atomic E-state index is 0.0388. The van der Waals surface area contributed by atoms with Crippen molar-refractivity contribution in [2.24, 2.45) is 0 Å².